The molecule has 2 N–H and O–H groups in total. The van der Waals surface area contributed by atoms with Crippen LogP contribution in [0.15, 0.2) is 6.20 Å². The van der Waals surface area contributed by atoms with Crippen molar-refractivity contribution in [2.75, 3.05) is 6.61 Å². The van der Waals surface area contributed by atoms with E-state index in [1.54, 1.807) is 13.1 Å². The fraction of sp³-hybridized carbons (Fsp3) is 0.357. The molecule has 5 heteroatoms. The number of amides is 1. The Kier molecular flexibility index (Phi) is 3.38. The molecular formula is C14H17N3O2. The lowest BCUT2D eigenvalue weighted by Gasteiger charge is -2.14. The van der Waals surface area contributed by atoms with Crippen molar-refractivity contribution in [2.24, 2.45) is 5.73 Å². The largest absolute Gasteiger partial charge is 0.477 e. The summed E-state index contributed by atoms with van der Waals surface area (Å²) in [4.78, 5) is 20.3. The molecule has 0 aliphatic heterocycles. The number of carbonyl (C=O) groups excluding carboxylic acids is 1. The maximum Gasteiger partial charge on any atom is 0.250 e. The number of hydrogen-bond donors (Lipinski definition) is 1. The summed E-state index contributed by atoms with van der Waals surface area (Å²) in [7, 11) is 0. The minimum Gasteiger partial charge on any atom is -0.477 e. The van der Waals surface area contributed by atoms with Crippen LogP contribution in [0.1, 0.15) is 34.1 Å². The van der Waals surface area contributed by atoms with Gasteiger partial charge in [0.15, 0.2) is 0 Å². The number of pyridine rings is 2. The zero-order valence-corrected chi connectivity index (χ0v) is 11.6. The van der Waals surface area contributed by atoms with E-state index >= 15 is 0 Å². The van der Waals surface area contributed by atoms with Crippen LogP contribution in [-0.4, -0.2) is 22.5 Å². The van der Waals surface area contributed by atoms with Gasteiger partial charge in [0.2, 0.25) is 5.88 Å². The van der Waals surface area contributed by atoms with Crippen LogP contribution in [0.2, 0.25) is 0 Å². The highest BCUT2D eigenvalue weighted by atomic mass is 16.5. The molecule has 0 atom stereocenters. The molecule has 0 bridgehead atoms. The Morgan fingerprint density at radius 2 is 2.05 bits per heavy atom. The predicted molar refractivity (Wildman–Crippen MR) is 73.4 cm³/mol. The quantitative estimate of drug-likeness (QED) is 0.915. The van der Waals surface area contributed by atoms with E-state index in [1.807, 2.05) is 20.8 Å². The molecule has 2 heterocycles. The molecule has 0 aliphatic carbocycles. The van der Waals surface area contributed by atoms with Gasteiger partial charge in [0, 0.05) is 6.20 Å². The molecule has 100 valence electrons. The second-order valence-corrected chi connectivity index (χ2v) is 4.46. The van der Waals surface area contributed by atoms with Crippen molar-refractivity contribution in [1.82, 2.24) is 9.97 Å². The Labute approximate surface area is 111 Å². The standard InChI is InChI=1S/C14H17N3O2/c1-5-19-14-11-8(3)10(13(15)18)9(4)17-12(11)7(2)6-16-14/h6H,5H2,1-4H3,(H2,15,18). The van der Waals surface area contributed by atoms with Crippen LogP contribution in [0.3, 0.4) is 0 Å². The Balaban J connectivity index is 2.92. The number of nitrogens with zero attached hydrogens (tertiary/aromatic N) is 2. The monoisotopic (exact) mass is 259 g/mol. The van der Waals surface area contributed by atoms with Crippen molar-refractivity contribution in [3.63, 3.8) is 0 Å². The number of ether oxygens (including phenoxy) is 1. The fourth-order valence-corrected chi connectivity index (χ4v) is 2.29. The van der Waals surface area contributed by atoms with Crippen LogP contribution in [-0.2, 0) is 0 Å². The number of hydrogen-bond acceptors (Lipinski definition) is 4. The highest BCUT2D eigenvalue weighted by molar-refractivity contribution is 6.02. The van der Waals surface area contributed by atoms with Crippen molar-refractivity contribution >= 4 is 16.8 Å². The number of primary amides is 1. The van der Waals surface area contributed by atoms with Gasteiger partial charge in [-0.2, -0.15) is 0 Å². The van der Waals surface area contributed by atoms with Crippen LogP contribution in [0.4, 0.5) is 0 Å². The smallest absolute Gasteiger partial charge is 0.250 e. The molecule has 5 nitrogen and oxygen atoms in total. The van der Waals surface area contributed by atoms with Crippen LogP contribution in [0, 0.1) is 20.8 Å². The topological polar surface area (TPSA) is 78.1 Å². The minimum atomic E-state index is -0.478. The first-order valence-corrected chi connectivity index (χ1v) is 6.16. The summed E-state index contributed by atoms with van der Waals surface area (Å²) in [5.41, 5.74) is 9.03. The normalized spacial score (nSPS) is 10.7. The summed E-state index contributed by atoms with van der Waals surface area (Å²) in [5.74, 6) is 0.0176. The summed E-state index contributed by atoms with van der Waals surface area (Å²) < 4.78 is 5.53. The van der Waals surface area contributed by atoms with Crippen LogP contribution in [0.5, 0.6) is 5.88 Å². The van der Waals surface area contributed by atoms with E-state index in [0.717, 1.165) is 22.0 Å². The van der Waals surface area contributed by atoms with Gasteiger partial charge in [-0.15, -0.1) is 0 Å². The molecule has 0 saturated carbocycles. The molecule has 2 aromatic rings. The van der Waals surface area contributed by atoms with E-state index in [4.69, 9.17) is 10.5 Å². The highest BCUT2D eigenvalue weighted by Crippen LogP contribution is 2.30. The molecule has 0 unspecified atom stereocenters. The van der Waals surface area contributed by atoms with Crippen LogP contribution in [0.25, 0.3) is 10.9 Å². The van der Waals surface area contributed by atoms with Crippen molar-refractivity contribution in [1.29, 1.82) is 0 Å². The molecule has 19 heavy (non-hydrogen) atoms. The first-order chi connectivity index (χ1) is 8.97. The third-order valence-corrected chi connectivity index (χ3v) is 3.12. The highest BCUT2D eigenvalue weighted by Gasteiger charge is 2.18. The van der Waals surface area contributed by atoms with E-state index in [0.29, 0.717) is 23.7 Å². The average molecular weight is 259 g/mol. The van der Waals surface area contributed by atoms with Crippen LogP contribution < -0.4 is 10.5 Å². The van der Waals surface area contributed by atoms with E-state index < -0.39 is 5.91 Å². The number of fused-ring (bicyclic) bond motifs is 1. The second-order valence-electron chi connectivity index (χ2n) is 4.46. The Hall–Kier alpha value is -2.17. The van der Waals surface area contributed by atoms with Gasteiger partial charge in [0.1, 0.15) is 0 Å². The molecule has 1 amide bonds. The lowest BCUT2D eigenvalue weighted by Crippen LogP contribution is -2.16. The van der Waals surface area contributed by atoms with Gasteiger partial charge in [-0.25, -0.2) is 4.98 Å². The van der Waals surface area contributed by atoms with Gasteiger partial charge >= 0.3 is 0 Å². The van der Waals surface area contributed by atoms with E-state index in [-0.39, 0.29) is 0 Å². The number of aromatic nitrogens is 2. The summed E-state index contributed by atoms with van der Waals surface area (Å²) in [6, 6.07) is 0. The van der Waals surface area contributed by atoms with Gasteiger partial charge in [0.25, 0.3) is 5.91 Å². The number of aryl methyl sites for hydroxylation is 3. The molecule has 0 fully saturated rings. The second kappa shape index (κ2) is 4.84. The summed E-state index contributed by atoms with van der Waals surface area (Å²) in [5, 5.41) is 0.765. The van der Waals surface area contributed by atoms with E-state index in [2.05, 4.69) is 9.97 Å². The fourth-order valence-electron chi connectivity index (χ4n) is 2.29. The Morgan fingerprint density at radius 1 is 1.37 bits per heavy atom. The molecule has 2 aromatic heterocycles. The van der Waals surface area contributed by atoms with Crippen LogP contribution >= 0.6 is 0 Å². The van der Waals surface area contributed by atoms with E-state index in [9.17, 15) is 4.79 Å². The summed E-state index contributed by atoms with van der Waals surface area (Å²) in [6.07, 6.45) is 1.73. The molecule has 0 spiro atoms. The average Bonchev–Trinajstić information content (AvgIpc) is 2.32. The maximum absolute atomic E-state index is 11.6. The third kappa shape index (κ3) is 2.12. The summed E-state index contributed by atoms with van der Waals surface area (Å²) in [6.45, 7) is 7.96. The SMILES string of the molecule is CCOc1ncc(C)c2nc(C)c(C(N)=O)c(C)c12. The molecule has 0 aliphatic rings. The van der Waals surface area contributed by atoms with Crippen molar-refractivity contribution in [3.8, 4) is 5.88 Å². The van der Waals surface area contributed by atoms with E-state index in [1.165, 1.54) is 0 Å². The minimum absolute atomic E-state index is 0.445. The number of rotatable bonds is 3. The molecule has 0 saturated heterocycles. The maximum atomic E-state index is 11.6. The lowest BCUT2D eigenvalue weighted by atomic mass is 10.0. The van der Waals surface area contributed by atoms with Crippen molar-refractivity contribution in [2.45, 2.75) is 27.7 Å². The van der Waals surface area contributed by atoms with Crippen molar-refractivity contribution in [3.05, 3.63) is 28.6 Å². The van der Waals surface area contributed by atoms with Crippen molar-refractivity contribution < 1.29 is 9.53 Å². The summed E-state index contributed by atoms with van der Waals surface area (Å²) >= 11 is 0. The molecule has 0 radical (unpaired) electrons. The molecule has 0 aromatic carbocycles. The van der Waals surface area contributed by atoms with Gasteiger partial charge < -0.3 is 10.5 Å². The number of nitrogens with two attached hydrogens (primary N) is 1. The Bertz CT molecular complexity index is 666. The first-order valence-electron chi connectivity index (χ1n) is 6.16. The zero-order chi connectivity index (χ0) is 14.2. The zero-order valence-electron chi connectivity index (χ0n) is 11.6. The predicted octanol–water partition coefficient (Wildman–Crippen LogP) is 2.05. The van der Waals surface area contributed by atoms with Gasteiger partial charge in [-0.3, -0.25) is 9.78 Å². The lowest BCUT2D eigenvalue weighted by molar-refractivity contribution is 0.0999. The van der Waals surface area contributed by atoms with Gasteiger partial charge in [-0.05, 0) is 38.8 Å². The first kappa shape index (κ1) is 13.3. The molecule has 2 rings (SSSR count). The number of carbonyl (C=O) groups is 1. The van der Waals surface area contributed by atoms with Gasteiger partial charge in [-0.1, -0.05) is 0 Å². The Morgan fingerprint density at radius 3 is 2.63 bits per heavy atom. The third-order valence-electron chi connectivity index (χ3n) is 3.12. The molecular weight excluding hydrogens is 242 g/mol. The van der Waals surface area contributed by atoms with Gasteiger partial charge in [0.05, 0.1) is 28.8 Å².